The number of phenolic OH excluding ortho intramolecular Hbond substituents is 2. The minimum atomic E-state index is -0.768. The predicted octanol–water partition coefficient (Wildman–Crippen LogP) is 10.4. The lowest BCUT2D eigenvalue weighted by Crippen LogP contribution is -2.27. The van der Waals surface area contributed by atoms with E-state index in [-0.39, 0.29) is 71.7 Å². The van der Waals surface area contributed by atoms with Crippen LogP contribution in [0.4, 0.5) is 34.3 Å². The lowest BCUT2D eigenvalue weighted by Gasteiger charge is -2.19. The number of azide groups is 1. The number of hydrogen-bond donors (Lipinski definition) is 7. The number of amides is 2. The van der Waals surface area contributed by atoms with Crippen molar-refractivity contribution in [3.63, 3.8) is 0 Å². The molecule has 80 heavy (non-hydrogen) atoms. The number of nitrogen functional groups attached to an aromatic ring is 2. The molecule has 0 aliphatic heterocycles. The number of halogens is 5. The summed E-state index contributed by atoms with van der Waals surface area (Å²) in [4.78, 5) is 50.0. The molecule has 0 fully saturated rings. The summed E-state index contributed by atoms with van der Waals surface area (Å²) in [5, 5.41) is 36.9. The Morgan fingerprint density at radius 1 is 0.787 bits per heavy atom. The van der Waals surface area contributed by atoms with E-state index in [2.05, 4.69) is 51.8 Å². The highest BCUT2D eigenvalue weighted by Gasteiger charge is 2.21. The Balaban J connectivity index is 0.000000272. The molecule has 2 amide bonds. The molecule has 0 bridgehead atoms. The topological polar surface area (TPSA) is 303 Å². The Morgan fingerprint density at radius 2 is 1.35 bits per heavy atom. The third-order valence-electron chi connectivity index (χ3n) is 11.4. The van der Waals surface area contributed by atoms with E-state index in [9.17, 15) is 42.2 Å². The van der Waals surface area contributed by atoms with Gasteiger partial charge in [-0.3, -0.25) is 14.3 Å². The Kier molecular flexibility index (Phi) is 24.9. The number of anilines is 2. The highest BCUT2D eigenvalue weighted by Crippen LogP contribution is 2.30. The number of aromatic nitrogens is 7. The summed E-state index contributed by atoms with van der Waals surface area (Å²) in [6.07, 6.45) is 19.3. The zero-order chi connectivity index (χ0) is 57.5. The number of aromatic amines is 1. The van der Waals surface area contributed by atoms with Crippen molar-refractivity contribution >= 4 is 42.2 Å². The van der Waals surface area contributed by atoms with E-state index in [4.69, 9.17) is 28.2 Å². The molecule has 0 aliphatic carbocycles. The smallest absolute Gasteiger partial charge is 0.421 e. The van der Waals surface area contributed by atoms with Gasteiger partial charge in [0.05, 0.1) is 35.3 Å². The first-order valence-corrected chi connectivity index (χ1v) is 25.1. The minimum absolute atomic E-state index is 0. The number of ether oxygens (including phenoxy) is 1. The van der Waals surface area contributed by atoms with Crippen LogP contribution in [0.1, 0.15) is 104 Å². The second-order valence-electron chi connectivity index (χ2n) is 18.7. The summed E-state index contributed by atoms with van der Waals surface area (Å²) in [5.41, 5.74) is 22.5. The number of carbonyl (C=O) groups is 3. The van der Waals surface area contributed by atoms with Crippen molar-refractivity contribution in [1.29, 1.82) is 0 Å². The van der Waals surface area contributed by atoms with Crippen molar-refractivity contribution in [2.45, 2.75) is 97.1 Å². The third kappa shape index (κ3) is 20.4. The summed E-state index contributed by atoms with van der Waals surface area (Å²) in [5.74, 6) is -1.36. The zero-order valence-corrected chi connectivity index (χ0v) is 45.1. The van der Waals surface area contributed by atoms with Gasteiger partial charge in [0.1, 0.15) is 40.4 Å². The van der Waals surface area contributed by atoms with Gasteiger partial charge in [-0.15, -0.1) is 29.8 Å². The first kappa shape index (κ1) is 63.5. The Morgan fingerprint density at radius 3 is 1.88 bits per heavy atom. The van der Waals surface area contributed by atoms with E-state index < -0.39 is 46.8 Å². The van der Waals surface area contributed by atoms with Crippen molar-refractivity contribution in [2.24, 2.45) is 5.11 Å². The molecule has 7 rings (SSSR count). The summed E-state index contributed by atoms with van der Waals surface area (Å²) >= 11 is 0. The number of phenols is 2. The first-order valence-electron chi connectivity index (χ1n) is 25.1. The summed E-state index contributed by atoms with van der Waals surface area (Å²) < 4.78 is 61.9. The largest absolute Gasteiger partial charge is 0.507 e. The summed E-state index contributed by atoms with van der Waals surface area (Å²) in [7, 11) is 0. The Hall–Kier alpha value is -9.07. The van der Waals surface area contributed by atoms with E-state index in [1.54, 1.807) is 17.1 Å². The van der Waals surface area contributed by atoms with E-state index in [1.165, 1.54) is 53.1 Å². The number of aryl methyl sites for hydroxylation is 3. The average molecular weight is 1130 g/mol. The summed E-state index contributed by atoms with van der Waals surface area (Å²) in [6.45, 7) is 6.33. The van der Waals surface area contributed by atoms with Crippen molar-refractivity contribution in [3.8, 4) is 46.1 Å². The van der Waals surface area contributed by atoms with Crippen LogP contribution in [0.25, 0.3) is 32.7 Å². The molecule has 9 N–H and O–H groups in total. The number of nitrogens with two attached hydrogens (primary N) is 2. The molecule has 0 atom stereocenters. The van der Waals surface area contributed by atoms with Gasteiger partial charge in [-0.05, 0) is 131 Å². The molecule has 3 aromatic heterocycles. The number of aromatic hydroxyl groups is 2. The van der Waals surface area contributed by atoms with Gasteiger partial charge in [0, 0.05) is 72.3 Å². The van der Waals surface area contributed by atoms with Crippen LogP contribution in [0.15, 0.2) is 96.5 Å². The predicted molar refractivity (Wildman–Crippen MR) is 296 cm³/mol. The van der Waals surface area contributed by atoms with Gasteiger partial charge in [0.2, 0.25) is 5.95 Å². The molecule has 3 heterocycles. The van der Waals surface area contributed by atoms with E-state index >= 15 is 0 Å². The fourth-order valence-electron chi connectivity index (χ4n) is 7.57. The van der Waals surface area contributed by atoms with Crippen LogP contribution in [0.5, 0.6) is 11.5 Å². The van der Waals surface area contributed by atoms with E-state index in [0.29, 0.717) is 23.6 Å². The first-order chi connectivity index (χ1) is 37.7. The van der Waals surface area contributed by atoms with Gasteiger partial charge < -0.3 is 42.0 Å². The number of unbranched alkanes of at least 4 members (excludes halogenated alkanes) is 5. The van der Waals surface area contributed by atoms with Crippen molar-refractivity contribution < 1.29 is 46.9 Å². The number of H-pyrrole nitrogens is 1. The quantitative estimate of drug-likeness (QED) is 0.00883. The number of rotatable bonds is 21. The maximum absolute atomic E-state index is 14.0. The number of nitrogens with one attached hydrogen (secondary N) is 3. The molecule has 0 unspecified atom stereocenters. The standard InChI is InChI=1S/C25H27F2N7O2.C15H12F2N4O2.C15H23N3O2.ClH/c26-17-7-9-20(22(27)13-17)16-6-8-21(23(35)12-16)24(36)29-10-11-34-15-19(32-33-34)5-3-1-2-4-18-14-30-25(28)31-18;16-10-2-4-11(13(17)8-10)9-1-3-12(14(22)7-9)15(23)19-5-6-20-21-18;1-5-6-7-8-9-10-12-11-18(13(16)17-12)14(19)20-15(2,3)4;/h6-9,12-15,35H,1-5,10-11H2,(H,29,36)(H3,28,30,31);1-4,7-8,22H,5-6H2,(H,19,23);1,11H,6-10H2,2-4H3,(H2,16,17);1H. The van der Waals surface area contributed by atoms with Crippen LogP contribution < -0.4 is 22.1 Å². The second-order valence-corrected chi connectivity index (χ2v) is 18.7. The van der Waals surface area contributed by atoms with Gasteiger partial charge in [-0.25, -0.2) is 36.9 Å². The molecule has 25 heteroatoms. The number of hydrogen-bond acceptors (Lipinski definition) is 13. The van der Waals surface area contributed by atoms with Crippen LogP contribution >= 0.6 is 12.4 Å². The number of carbonyl (C=O) groups excluding carboxylic acids is 3. The average Bonchev–Trinajstić information content (AvgIpc) is 4.19. The molecule has 424 valence electrons. The number of benzene rings is 4. The molecule has 0 aliphatic rings. The minimum Gasteiger partial charge on any atom is -0.507 e. The highest BCUT2D eigenvalue weighted by atomic mass is 35.5. The molecule has 4 aromatic carbocycles. The molecule has 0 saturated heterocycles. The SMILES string of the molecule is C#CCCCCCc1cn(C(=O)OC(C)(C)C)c(N)n1.Cl.Nc1ncc(CCCCCc2cn(CCNC(=O)c3ccc(-c4ccc(F)cc4F)cc3O)nn2)[nH]1.[N-]=[N+]=NCCNC(=O)c1ccc(-c2ccc(F)cc2F)cc1O. The van der Waals surface area contributed by atoms with Crippen LogP contribution in [-0.2, 0) is 30.5 Å². The van der Waals surface area contributed by atoms with Gasteiger partial charge in [0.25, 0.3) is 11.8 Å². The Bertz CT molecular complexity index is 3270. The van der Waals surface area contributed by atoms with Crippen LogP contribution in [0, 0.1) is 35.6 Å². The molecule has 0 spiro atoms. The van der Waals surface area contributed by atoms with Crippen molar-refractivity contribution in [2.75, 3.05) is 31.1 Å². The van der Waals surface area contributed by atoms with Crippen LogP contribution in [0.2, 0.25) is 0 Å². The van der Waals surface area contributed by atoms with Crippen molar-refractivity contribution in [3.05, 3.63) is 153 Å². The fraction of sp³-hybridized carbons (Fsp3) is 0.327. The number of imidazole rings is 2. The molecule has 0 radical (unpaired) electrons. The molecule has 0 saturated carbocycles. The molecule has 20 nitrogen and oxygen atoms in total. The Labute approximate surface area is 465 Å². The molecular weight excluding hydrogens is 1060 g/mol. The maximum Gasteiger partial charge on any atom is 0.421 e. The van der Waals surface area contributed by atoms with Crippen LogP contribution in [0.3, 0.4) is 0 Å². The zero-order valence-electron chi connectivity index (χ0n) is 44.3. The highest BCUT2D eigenvalue weighted by molar-refractivity contribution is 5.98. The molecular formula is C55H63ClF4N14O6. The fourth-order valence-corrected chi connectivity index (χ4v) is 7.57. The second kappa shape index (κ2) is 31.4. The van der Waals surface area contributed by atoms with Crippen molar-refractivity contribution in [1.82, 2.24) is 45.1 Å². The maximum atomic E-state index is 14.0. The van der Waals surface area contributed by atoms with Gasteiger partial charge in [0.15, 0.2) is 5.95 Å². The lowest BCUT2D eigenvalue weighted by atomic mass is 10.0. The number of nitrogens with zero attached hydrogens (tertiary/aromatic N) is 9. The van der Waals surface area contributed by atoms with E-state index in [0.717, 1.165) is 106 Å². The summed E-state index contributed by atoms with van der Waals surface area (Å²) in [6, 6.07) is 14.4. The van der Waals surface area contributed by atoms with Gasteiger partial charge in [-0.2, -0.15) is 0 Å². The third-order valence-corrected chi connectivity index (χ3v) is 11.4. The van der Waals surface area contributed by atoms with E-state index in [1.807, 2.05) is 27.0 Å². The lowest BCUT2D eigenvalue weighted by molar-refractivity contribution is 0.0540. The van der Waals surface area contributed by atoms with Crippen LogP contribution in [-0.4, -0.2) is 87.9 Å². The monoisotopic (exact) mass is 1130 g/mol. The van der Waals surface area contributed by atoms with Gasteiger partial charge in [-0.1, -0.05) is 35.3 Å². The normalized spacial score (nSPS) is 10.6. The number of terminal acetylenes is 1. The van der Waals surface area contributed by atoms with Gasteiger partial charge >= 0.3 is 6.09 Å². The molecule has 7 aromatic rings.